The van der Waals surface area contributed by atoms with Crippen LogP contribution in [0.2, 0.25) is 0 Å². The van der Waals surface area contributed by atoms with Gasteiger partial charge in [-0.25, -0.2) is 0 Å². The molecule has 0 saturated carbocycles. The molecule has 0 bridgehead atoms. The standard InChI is InChI=1S/C20H26N2O/c1-2-20(22-13-11-21-12-14-22)18-9-6-10-19(15-18)23-16-17-7-4-3-5-8-17/h3-10,15,20-21H,2,11-14,16H2,1H3. The van der Waals surface area contributed by atoms with Gasteiger partial charge in [-0.15, -0.1) is 0 Å². The van der Waals surface area contributed by atoms with Crippen LogP contribution in [0.5, 0.6) is 5.75 Å². The first-order valence-electron chi connectivity index (χ1n) is 8.58. The van der Waals surface area contributed by atoms with Crippen molar-refractivity contribution in [2.24, 2.45) is 0 Å². The second kappa shape index (κ2) is 8.14. The molecule has 3 nitrogen and oxygen atoms in total. The molecule has 0 aromatic heterocycles. The highest BCUT2D eigenvalue weighted by molar-refractivity contribution is 5.31. The fourth-order valence-electron chi connectivity index (χ4n) is 3.25. The Hall–Kier alpha value is -1.84. The van der Waals surface area contributed by atoms with Crippen LogP contribution in [0.25, 0.3) is 0 Å². The Balaban J connectivity index is 1.68. The average Bonchev–Trinajstić information content (AvgIpc) is 2.63. The Labute approximate surface area is 139 Å². The van der Waals surface area contributed by atoms with Crippen LogP contribution >= 0.6 is 0 Å². The summed E-state index contributed by atoms with van der Waals surface area (Å²) in [6, 6.07) is 19.4. The van der Waals surface area contributed by atoms with Crippen molar-refractivity contribution in [3.05, 3.63) is 65.7 Å². The van der Waals surface area contributed by atoms with Gasteiger partial charge in [-0.1, -0.05) is 49.4 Å². The summed E-state index contributed by atoms with van der Waals surface area (Å²) in [4.78, 5) is 2.58. The third-order valence-corrected chi connectivity index (χ3v) is 4.47. The molecular formula is C20H26N2O. The van der Waals surface area contributed by atoms with E-state index < -0.39 is 0 Å². The van der Waals surface area contributed by atoms with Gasteiger partial charge in [0.1, 0.15) is 12.4 Å². The van der Waals surface area contributed by atoms with E-state index in [2.05, 4.69) is 53.5 Å². The summed E-state index contributed by atoms with van der Waals surface area (Å²) in [5.74, 6) is 0.958. The number of ether oxygens (including phenoxy) is 1. The molecule has 1 heterocycles. The van der Waals surface area contributed by atoms with Crippen molar-refractivity contribution in [2.45, 2.75) is 26.0 Å². The van der Waals surface area contributed by atoms with Crippen LogP contribution in [0.4, 0.5) is 0 Å². The van der Waals surface area contributed by atoms with Crippen LogP contribution < -0.4 is 10.1 Å². The highest BCUT2D eigenvalue weighted by Gasteiger charge is 2.20. The van der Waals surface area contributed by atoms with E-state index in [1.165, 1.54) is 11.1 Å². The molecule has 1 N–H and O–H groups in total. The van der Waals surface area contributed by atoms with Gasteiger partial charge in [0.2, 0.25) is 0 Å². The van der Waals surface area contributed by atoms with Crippen LogP contribution in [0.1, 0.15) is 30.5 Å². The normalized spacial score (nSPS) is 16.9. The molecule has 1 atom stereocenters. The largest absolute Gasteiger partial charge is 0.489 e. The Bertz CT molecular complexity index is 594. The molecule has 0 radical (unpaired) electrons. The summed E-state index contributed by atoms with van der Waals surface area (Å²) < 4.78 is 5.98. The zero-order chi connectivity index (χ0) is 15.9. The van der Waals surface area contributed by atoms with Crippen LogP contribution in [0.15, 0.2) is 54.6 Å². The van der Waals surface area contributed by atoms with Gasteiger partial charge in [-0.05, 0) is 29.7 Å². The predicted molar refractivity (Wildman–Crippen MR) is 94.7 cm³/mol. The third kappa shape index (κ3) is 4.34. The number of nitrogens with zero attached hydrogens (tertiary/aromatic N) is 1. The summed E-state index contributed by atoms with van der Waals surface area (Å²) in [7, 11) is 0. The first kappa shape index (κ1) is 16.0. The van der Waals surface area contributed by atoms with E-state index in [9.17, 15) is 0 Å². The van der Waals surface area contributed by atoms with E-state index in [4.69, 9.17) is 4.74 Å². The van der Waals surface area contributed by atoms with Crippen LogP contribution in [-0.4, -0.2) is 31.1 Å². The van der Waals surface area contributed by atoms with Crippen molar-refractivity contribution in [3.63, 3.8) is 0 Å². The third-order valence-electron chi connectivity index (χ3n) is 4.47. The maximum Gasteiger partial charge on any atom is 0.120 e. The number of benzene rings is 2. The van der Waals surface area contributed by atoms with Gasteiger partial charge in [-0.2, -0.15) is 0 Å². The zero-order valence-corrected chi connectivity index (χ0v) is 13.9. The Kier molecular flexibility index (Phi) is 5.67. The first-order valence-corrected chi connectivity index (χ1v) is 8.58. The lowest BCUT2D eigenvalue weighted by molar-refractivity contribution is 0.169. The maximum atomic E-state index is 5.98. The molecule has 2 aromatic carbocycles. The van der Waals surface area contributed by atoms with Crippen molar-refractivity contribution < 1.29 is 4.74 Å². The van der Waals surface area contributed by atoms with Gasteiger partial charge >= 0.3 is 0 Å². The first-order chi connectivity index (χ1) is 11.4. The summed E-state index contributed by atoms with van der Waals surface area (Å²) in [6.07, 6.45) is 1.13. The lowest BCUT2D eigenvalue weighted by Gasteiger charge is -2.34. The molecule has 1 unspecified atom stereocenters. The molecule has 0 spiro atoms. The monoisotopic (exact) mass is 310 g/mol. The summed E-state index contributed by atoms with van der Waals surface area (Å²) in [6.45, 7) is 7.29. The number of nitrogens with one attached hydrogen (secondary N) is 1. The number of rotatable bonds is 6. The van der Waals surface area contributed by atoms with Crippen molar-refractivity contribution in [2.75, 3.05) is 26.2 Å². The highest BCUT2D eigenvalue weighted by atomic mass is 16.5. The van der Waals surface area contributed by atoms with Crippen molar-refractivity contribution in [3.8, 4) is 5.75 Å². The minimum atomic E-state index is 0.484. The fraction of sp³-hybridized carbons (Fsp3) is 0.400. The number of hydrogen-bond acceptors (Lipinski definition) is 3. The molecule has 1 fully saturated rings. The maximum absolute atomic E-state index is 5.98. The zero-order valence-electron chi connectivity index (χ0n) is 13.9. The molecule has 0 aliphatic carbocycles. The smallest absolute Gasteiger partial charge is 0.120 e. The highest BCUT2D eigenvalue weighted by Crippen LogP contribution is 2.27. The Morgan fingerprint density at radius 1 is 1.04 bits per heavy atom. The SMILES string of the molecule is CCC(c1cccc(OCc2ccccc2)c1)N1CCNCC1. The second-order valence-electron chi connectivity index (χ2n) is 6.06. The molecular weight excluding hydrogens is 284 g/mol. The van der Waals surface area contributed by atoms with Gasteiger partial charge in [0.05, 0.1) is 0 Å². The van der Waals surface area contributed by atoms with Crippen LogP contribution in [0, 0.1) is 0 Å². The molecule has 3 rings (SSSR count). The van der Waals surface area contributed by atoms with Crippen molar-refractivity contribution >= 4 is 0 Å². The molecule has 0 amide bonds. The van der Waals surface area contributed by atoms with Gasteiger partial charge in [0.15, 0.2) is 0 Å². The molecule has 1 saturated heterocycles. The molecule has 1 aliphatic heterocycles. The van der Waals surface area contributed by atoms with Crippen molar-refractivity contribution in [1.82, 2.24) is 10.2 Å². The molecule has 122 valence electrons. The lowest BCUT2D eigenvalue weighted by atomic mass is 10.0. The van der Waals surface area contributed by atoms with Crippen LogP contribution in [0.3, 0.4) is 0 Å². The predicted octanol–water partition coefficient (Wildman–Crippen LogP) is 3.62. The van der Waals surface area contributed by atoms with E-state index >= 15 is 0 Å². The van der Waals surface area contributed by atoms with E-state index in [0.29, 0.717) is 12.6 Å². The minimum Gasteiger partial charge on any atom is -0.489 e. The van der Waals surface area contributed by atoms with E-state index in [0.717, 1.165) is 38.3 Å². The quantitative estimate of drug-likeness (QED) is 0.882. The number of piperazine rings is 1. The van der Waals surface area contributed by atoms with Gasteiger partial charge in [0.25, 0.3) is 0 Å². The van der Waals surface area contributed by atoms with E-state index in [-0.39, 0.29) is 0 Å². The lowest BCUT2D eigenvalue weighted by Crippen LogP contribution is -2.45. The number of hydrogen-bond donors (Lipinski definition) is 1. The fourth-order valence-corrected chi connectivity index (χ4v) is 3.25. The topological polar surface area (TPSA) is 24.5 Å². The molecule has 1 aliphatic rings. The summed E-state index contributed by atoms with van der Waals surface area (Å²) >= 11 is 0. The summed E-state index contributed by atoms with van der Waals surface area (Å²) in [5.41, 5.74) is 2.56. The van der Waals surface area contributed by atoms with Crippen molar-refractivity contribution in [1.29, 1.82) is 0 Å². The molecule has 23 heavy (non-hydrogen) atoms. The van der Waals surface area contributed by atoms with E-state index in [1.54, 1.807) is 0 Å². The average molecular weight is 310 g/mol. The van der Waals surface area contributed by atoms with Gasteiger partial charge in [0, 0.05) is 32.2 Å². The molecule has 2 aromatic rings. The minimum absolute atomic E-state index is 0.484. The Morgan fingerprint density at radius 2 is 1.83 bits per heavy atom. The van der Waals surface area contributed by atoms with Gasteiger partial charge in [-0.3, -0.25) is 4.90 Å². The van der Waals surface area contributed by atoms with E-state index in [1.807, 2.05) is 18.2 Å². The molecule has 3 heteroatoms. The van der Waals surface area contributed by atoms with Crippen LogP contribution in [-0.2, 0) is 6.61 Å². The summed E-state index contributed by atoms with van der Waals surface area (Å²) in [5, 5.41) is 3.43. The second-order valence-corrected chi connectivity index (χ2v) is 6.06. The van der Waals surface area contributed by atoms with Gasteiger partial charge < -0.3 is 10.1 Å². The Morgan fingerprint density at radius 3 is 2.57 bits per heavy atom.